The van der Waals surface area contributed by atoms with E-state index in [9.17, 15) is 16.8 Å². The zero-order valence-corrected chi connectivity index (χ0v) is 16.4. The fraction of sp³-hybridized carbons (Fsp3) is 0.429. The van der Waals surface area contributed by atoms with Crippen molar-refractivity contribution in [3.8, 4) is 0 Å². The predicted octanol–water partition coefficient (Wildman–Crippen LogP) is 1.44. The number of aryl methyl sites for hydroxylation is 1. The first-order chi connectivity index (χ1) is 11.4. The second-order valence-corrected chi connectivity index (χ2v) is 8.93. The van der Waals surface area contributed by atoms with Gasteiger partial charge in [-0.2, -0.15) is 16.8 Å². The molecule has 0 amide bonds. The van der Waals surface area contributed by atoms with Gasteiger partial charge in [-0.1, -0.05) is 17.7 Å². The van der Waals surface area contributed by atoms with Crippen molar-refractivity contribution >= 4 is 32.9 Å². The van der Waals surface area contributed by atoms with Crippen LogP contribution in [0, 0.1) is 6.92 Å². The lowest BCUT2D eigenvalue weighted by Crippen LogP contribution is -2.32. The zero-order chi connectivity index (χ0) is 19.3. The molecule has 0 saturated heterocycles. The second kappa shape index (κ2) is 8.90. The van der Waals surface area contributed by atoms with Gasteiger partial charge in [0.2, 0.25) is 0 Å². The van der Waals surface area contributed by atoms with Gasteiger partial charge in [0.05, 0.1) is 10.6 Å². The molecule has 1 aromatic rings. The van der Waals surface area contributed by atoms with Gasteiger partial charge in [0.15, 0.2) is 0 Å². The average molecular weight is 411 g/mol. The molecule has 142 valence electrons. The smallest absolute Gasteiger partial charge is 0.294 e. The van der Waals surface area contributed by atoms with Crippen LogP contribution in [-0.4, -0.2) is 60.6 Å². The number of hydrogen-bond acceptors (Lipinski definition) is 7. The van der Waals surface area contributed by atoms with Gasteiger partial charge in [0.25, 0.3) is 20.2 Å². The van der Waals surface area contributed by atoms with Crippen LogP contribution in [0.3, 0.4) is 0 Å². The Kier molecular flexibility index (Phi) is 7.75. The standard InChI is InChI=1S/C7H14N2O3S2.C7H8O3S/c1-8-4-5-9(7(8)13)3-2-6-14(10,11)12;1-6-2-4-7(5-3-6)11(8,9)10/h4-5,7,13H,2-3,6H2,1H3,(H,10,11,12);2-5H,1H3,(H,8,9,10). The lowest BCUT2D eigenvalue weighted by molar-refractivity contribution is 0.264. The van der Waals surface area contributed by atoms with Crippen molar-refractivity contribution in [3.63, 3.8) is 0 Å². The third kappa shape index (κ3) is 8.10. The first-order valence-corrected chi connectivity index (χ1v) is 10.8. The van der Waals surface area contributed by atoms with Crippen molar-refractivity contribution < 1.29 is 25.9 Å². The quantitative estimate of drug-likeness (QED) is 0.493. The van der Waals surface area contributed by atoms with Crippen molar-refractivity contribution in [2.45, 2.75) is 23.7 Å². The molecule has 0 bridgehead atoms. The molecular formula is C14H22N2O6S3. The molecule has 0 saturated carbocycles. The average Bonchev–Trinajstić information content (AvgIpc) is 2.78. The summed E-state index contributed by atoms with van der Waals surface area (Å²) >= 11 is 4.31. The Morgan fingerprint density at radius 3 is 2.04 bits per heavy atom. The highest BCUT2D eigenvalue weighted by molar-refractivity contribution is 7.86. The summed E-state index contributed by atoms with van der Waals surface area (Å²) in [5.41, 5.74) is 0.911. The minimum atomic E-state index is -4.02. The van der Waals surface area contributed by atoms with Gasteiger partial charge in [0, 0.05) is 26.0 Å². The fourth-order valence-electron chi connectivity index (χ4n) is 1.91. The summed E-state index contributed by atoms with van der Waals surface area (Å²) in [5.74, 6) is -0.207. The van der Waals surface area contributed by atoms with Crippen LogP contribution in [0.4, 0.5) is 0 Å². The van der Waals surface area contributed by atoms with Crippen molar-refractivity contribution in [1.29, 1.82) is 0 Å². The molecular weight excluding hydrogens is 388 g/mol. The molecule has 1 unspecified atom stereocenters. The van der Waals surface area contributed by atoms with E-state index in [4.69, 9.17) is 9.11 Å². The van der Waals surface area contributed by atoms with Crippen LogP contribution in [0.15, 0.2) is 41.6 Å². The normalized spacial score (nSPS) is 17.4. The maximum atomic E-state index is 10.5. The van der Waals surface area contributed by atoms with E-state index in [1.807, 2.05) is 36.2 Å². The van der Waals surface area contributed by atoms with Crippen molar-refractivity contribution in [3.05, 3.63) is 42.2 Å². The summed E-state index contributed by atoms with van der Waals surface area (Å²) in [7, 11) is -5.97. The van der Waals surface area contributed by atoms with Gasteiger partial charge in [-0.05, 0) is 25.5 Å². The van der Waals surface area contributed by atoms with E-state index >= 15 is 0 Å². The van der Waals surface area contributed by atoms with Crippen molar-refractivity contribution in [2.24, 2.45) is 0 Å². The molecule has 2 N–H and O–H groups in total. The number of thiol groups is 1. The molecule has 1 atom stereocenters. The number of benzene rings is 1. The molecule has 0 aromatic heterocycles. The number of hydrogen-bond donors (Lipinski definition) is 3. The Hall–Kier alpha value is -1.27. The lowest BCUT2D eigenvalue weighted by atomic mass is 10.2. The third-order valence-corrected chi connectivity index (χ3v) is 5.63. The molecule has 0 aliphatic carbocycles. The maximum Gasteiger partial charge on any atom is 0.294 e. The van der Waals surface area contributed by atoms with Crippen LogP contribution < -0.4 is 0 Å². The lowest BCUT2D eigenvalue weighted by Gasteiger charge is -2.25. The van der Waals surface area contributed by atoms with Gasteiger partial charge in [0.1, 0.15) is 5.50 Å². The molecule has 25 heavy (non-hydrogen) atoms. The Bertz CT molecular complexity index is 790. The second-order valence-electron chi connectivity index (χ2n) is 5.48. The molecule has 8 nitrogen and oxygen atoms in total. The highest BCUT2D eigenvalue weighted by atomic mass is 32.2. The molecule has 0 fully saturated rings. The van der Waals surface area contributed by atoms with Crippen LogP contribution in [0.2, 0.25) is 0 Å². The van der Waals surface area contributed by atoms with Gasteiger partial charge in [-0.15, -0.1) is 12.6 Å². The maximum absolute atomic E-state index is 10.5. The third-order valence-electron chi connectivity index (χ3n) is 3.29. The SMILES string of the molecule is CN1C=CN(CCCS(=O)(=O)O)C1S.Cc1ccc(S(=O)(=O)O)cc1. The van der Waals surface area contributed by atoms with Crippen molar-refractivity contribution in [1.82, 2.24) is 9.80 Å². The minimum absolute atomic E-state index is 0.0450. The van der Waals surface area contributed by atoms with E-state index in [1.54, 1.807) is 12.1 Å². The van der Waals surface area contributed by atoms with Crippen LogP contribution in [0.25, 0.3) is 0 Å². The molecule has 1 aromatic carbocycles. The minimum Gasteiger partial charge on any atom is -0.351 e. The Labute approximate surface area is 154 Å². The molecule has 11 heteroatoms. The molecule has 0 radical (unpaired) electrons. The van der Waals surface area contributed by atoms with Crippen LogP contribution in [0.1, 0.15) is 12.0 Å². The van der Waals surface area contributed by atoms with Crippen LogP contribution >= 0.6 is 12.6 Å². The predicted molar refractivity (Wildman–Crippen MR) is 98.4 cm³/mol. The number of nitrogens with zero attached hydrogens (tertiary/aromatic N) is 2. The largest absolute Gasteiger partial charge is 0.351 e. The van der Waals surface area contributed by atoms with Gasteiger partial charge < -0.3 is 9.80 Å². The zero-order valence-electron chi connectivity index (χ0n) is 13.8. The van der Waals surface area contributed by atoms with Gasteiger partial charge in [-0.25, -0.2) is 0 Å². The summed E-state index contributed by atoms with van der Waals surface area (Å²) in [6.45, 7) is 2.41. The molecule has 1 heterocycles. The van der Waals surface area contributed by atoms with Crippen molar-refractivity contribution in [2.75, 3.05) is 19.3 Å². The van der Waals surface area contributed by atoms with E-state index < -0.39 is 20.2 Å². The summed E-state index contributed by atoms with van der Waals surface area (Å²) in [6, 6.07) is 5.99. The topological polar surface area (TPSA) is 115 Å². The van der Waals surface area contributed by atoms with Gasteiger partial charge in [-0.3, -0.25) is 9.11 Å². The van der Waals surface area contributed by atoms with Gasteiger partial charge >= 0.3 is 0 Å². The summed E-state index contributed by atoms with van der Waals surface area (Å²) < 4.78 is 58.9. The summed E-state index contributed by atoms with van der Waals surface area (Å²) in [4.78, 5) is 3.73. The van der Waals surface area contributed by atoms with E-state index in [0.29, 0.717) is 13.0 Å². The number of rotatable bonds is 5. The Morgan fingerprint density at radius 1 is 1.08 bits per heavy atom. The molecule has 0 spiro atoms. The summed E-state index contributed by atoms with van der Waals surface area (Å²) in [5, 5.41) is 0. The monoisotopic (exact) mass is 410 g/mol. The van der Waals surface area contributed by atoms with E-state index in [-0.39, 0.29) is 16.1 Å². The molecule has 1 aliphatic heterocycles. The highest BCUT2D eigenvalue weighted by Crippen LogP contribution is 2.16. The van der Waals surface area contributed by atoms with Crippen LogP contribution in [0.5, 0.6) is 0 Å². The Morgan fingerprint density at radius 2 is 1.64 bits per heavy atom. The van der Waals surface area contributed by atoms with E-state index in [1.165, 1.54) is 12.1 Å². The highest BCUT2D eigenvalue weighted by Gasteiger charge is 2.19. The van der Waals surface area contributed by atoms with E-state index in [2.05, 4.69) is 12.6 Å². The summed E-state index contributed by atoms with van der Waals surface area (Å²) in [6.07, 6.45) is 4.11. The first-order valence-electron chi connectivity index (χ1n) is 7.23. The molecule has 2 rings (SSSR count). The Balaban J connectivity index is 0.000000257. The van der Waals surface area contributed by atoms with E-state index in [0.717, 1.165) is 5.56 Å². The first kappa shape index (κ1) is 21.8. The fourth-order valence-corrected chi connectivity index (χ4v) is 3.15. The van der Waals surface area contributed by atoms with Crippen LogP contribution in [-0.2, 0) is 20.2 Å². The molecule has 1 aliphatic rings.